The second-order valence-corrected chi connectivity index (χ2v) is 9.64. The van der Waals surface area contributed by atoms with Crippen LogP contribution in [0.4, 0.5) is 20.4 Å². The number of hydrogen-bond acceptors (Lipinski definition) is 5. The molecule has 2 aliphatic rings. The lowest BCUT2D eigenvalue weighted by Gasteiger charge is -2.50. The molecule has 0 spiro atoms. The van der Waals surface area contributed by atoms with E-state index >= 15 is 0 Å². The molecular weight excluding hydrogens is 426 g/mol. The number of aryl methyl sites for hydroxylation is 1. The average Bonchev–Trinajstić information content (AvgIpc) is 2.79. The lowest BCUT2D eigenvalue weighted by Crippen LogP contribution is -2.61. The van der Waals surface area contributed by atoms with Gasteiger partial charge in [-0.1, -0.05) is 13.5 Å². The highest BCUT2D eigenvalue weighted by Gasteiger charge is 2.42. The van der Waals surface area contributed by atoms with Gasteiger partial charge in [-0.25, -0.2) is 13.6 Å². The van der Waals surface area contributed by atoms with E-state index in [2.05, 4.69) is 45.4 Å². The summed E-state index contributed by atoms with van der Waals surface area (Å²) in [6.07, 6.45) is 2.02. The van der Waals surface area contributed by atoms with Gasteiger partial charge in [-0.05, 0) is 51.2 Å². The lowest BCUT2D eigenvalue weighted by molar-refractivity contribution is -0.0607. The third kappa shape index (κ3) is 4.45. The van der Waals surface area contributed by atoms with Crippen LogP contribution in [0, 0.1) is 12.5 Å². The van der Waals surface area contributed by atoms with Crippen molar-refractivity contribution in [3.8, 4) is 0 Å². The number of hydrogen-bond donors (Lipinski definition) is 0. The van der Waals surface area contributed by atoms with Crippen molar-refractivity contribution < 1.29 is 8.78 Å². The number of nitrogens with zero attached hydrogens (tertiary/aromatic N) is 6. The van der Waals surface area contributed by atoms with Gasteiger partial charge in [0.15, 0.2) is 5.82 Å². The molecule has 3 heterocycles. The summed E-state index contributed by atoms with van der Waals surface area (Å²) in [4.78, 5) is 29.4. The maximum atomic E-state index is 13.7. The SMILES string of the molecule is [C-]#[N+]c1ccc2c(n1)c(N1C[C@@H](C)N(C(CC)C3CCC(F)(F)CC3)C[C@@H]1C)nc(=O)n2C. The molecule has 1 aliphatic heterocycles. The Hall–Kier alpha value is -2.60. The Balaban J connectivity index is 1.62. The summed E-state index contributed by atoms with van der Waals surface area (Å²) in [5.41, 5.74) is 0.848. The molecule has 1 saturated carbocycles. The normalized spacial score (nSPS) is 25.2. The maximum Gasteiger partial charge on any atom is 0.350 e. The first kappa shape index (κ1) is 23.6. The molecule has 9 heteroatoms. The van der Waals surface area contributed by atoms with Crippen LogP contribution < -0.4 is 10.6 Å². The summed E-state index contributed by atoms with van der Waals surface area (Å²) in [6.45, 7) is 15.1. The Kier molecular flexibility index (Phi) is 6.41. The van der Waals surface area contributed by atoms with E-state index in [1.165, 1.54) is 4.57 Å². The molecule has 0 N–H and O–H groups in total. The fraction of sp³-hybridized carbons (Fsp3) is 0.667. The molecule has 178 valence electrons. The van der Waals surface area contributed by atoms with E-state index < -0.39 is 5.92 Å². The van der Waals surface area contributed by atoms with E-state index in [0.717, 1.165) is 13.0 Å². The molecule has 3 atom stereocenters. The molecule has 0 radical (unpaired) electrons. The zero-order valence-corrected chi connectivity index (χ0v) is 19.8. The standard InChI is InChI=1S/C24H32F2N6O/c1-6-18(17-9-11-24(25,26)12-10-17)31-13-16(3)32(14-15(31)2)22-21-19(30(5)23(33)29-22)7-8-20(27-4)28-21/h7-8,15-18H,6,9-14H2,1-3,5H3/t15-,16+,18?/m1/s1. The van der Waals surface area contributed by atoms with Crippen molar-refractivity contribution in [2.24, 2.45) is 13.0 Å². The highest BCUT2D eigenvalue weighted by molar-refractivity contribution is 5.87. The van der Waals surface area contributed by atoms with Gasteiger partial charge < -0.3 is 9.74 Å². The molecule has 2 aromatic rings. The number of fused-ring (bicyclic) bond motifs is 1. The van der Waals surface area contributed by atoms with E-state index in [1.807, 2.05) is 0 Å². The number of piperazine rings is 1. The van der Waals surface area contributed by atoms with Crippen LogP contribution in [0.3, 0.4) is 0 Å². The fourth-order valence-corrected chi connectivity index (χ4v) is 5.66. The lowest BCUT2D eigenvalue weighted by atomic mass is 9.79. The summed E-state index contributed by atoms with van der Waals surface area (Å²) < 4.78 is 28.9. The maximum absolute atomic E-state index is 13.7. The van der Waals surface area contributed by atoms with Crippen molar-refractivity contribution in [3.05, 3.63) is 34.0 Å². The third-order valence-corrected chi connectivity index (χ3v) is 7.49. The smallest absolute Gasteiger partial charge is 0.350 e. The van der Waals surface area contributed by atoms with Crippen LogP contribution in [-0.2, 0) is 7.05 Å². The molecule has 1 aliphatic carbocycles. The van der Waals surface area contributed by atoms with E-state index in [-0.39, 0.29) is 48.4 Å². The number of pyridine rings is 1. The van der Waals surface area contributed by atoms with Gasteiger partial charge in [-0.3, -0.25) is 9.47 Å². The number of halogens is 2. The number of rotatable bonds is 4. The molecule has 0 amide bonds. The number of aromatic nitrogens is 3. The Morgan fingerprint density at radius 3 is 2.52 bits per heavy atom. The van der Waals surface area contributed by atoms with Gasteiger partial charge in [0.2, 0.25) is 11.4 Å². The summed E-state index contributed by atoms with van der Waals surface area (Å²) in [5, 5.41) is 0. The van der Waals surface area contributed by atoms with Crippen molar-refractivity contribution in [3.63, 3.8) is 0 Å². The summed E-state index contributed by atoms with van der Waals surface area (Å²) in [5.74, 6) is -1.45. The first-order chi connectivity index (χ1) is 15.6. The molecule has 1 saturated heterocycles. The van der Waals surface area contributed by atoms with Crippen molar-refractivity contribution in [2.45, 2.75) is 76.9 Å². The topological polar surface area (TPSA) is 58.6 Å². The van der Waals surface area contributed by atoms with Crippen LogP contribution in [0.5, 0.6) is 0 Å². The summed E-state index contributed by atoms with van der Waals surface area (Å²) in [7, 11) is 1.66. The summed E-state index contributed by atoms with van der Waals surface area (Å²) >= 11 is 0. The number of anilines is 1. The van der Waals surface area contributed by atoms with Crippen LogP contribution >= 0.6 is 0 Å². The molecule has 33 heavy (non-hydrogen) atoms. The van der Waals surface area contributed by atoms with Gasteiger partial charge in [-0.15, -0.1) is 4.98 Å². The molecule has 0 bridgehead atoms. The Labute approximate surface area is 193 Å². The monoisotopic (exact) mass is 458 g/mol. The van der Waals surface area contributed by atoms with E-state index in [4.69, 9.17) is 6.57 Å². The van der Waals surface area contributed by atoms with Crippen LogP contribution in [-0.4, -0.2) is 56.6 Å². The highest BCUT2D eigenvalue weighted by atomic mass is 19.3. The Morgan fingerprint density at radius 1 is 1.18 bits per heavy atom. The van der Waals surface area contributed by atoms with Gasteiger partial charge in [0.1, 0.15) is 0 Å². The van der Waals surface area contributed by atoms with Gasteiger partial charge in [-0.2, -0.15) is 4.98 Å². The van der Waals surface area contributed by atoms with Crippen LogP contribution in [0.15, 0.2) is 16.9 Å². The van der Waals surface area contributed by atoms with Gasteiger partial charge in [0.05, 0.1) is 5.52 Å². The first-order valence-corrected chi connectivity index (χ1v) is 11.8. The van der Waals surface area contributed by atoms with Crippen molar-refractivity contribution in [1.82, 2.24) is 19.4 Å². The zero-order valence-electron chi connectivity index (χ0n) is 19.8. The Morgan fingerprint density at radius 2 is 1.88 bits per heavy atom. The van der Waals surface area contributed by atoms with Gasteiger partial charge in [0.25, 0.3) is 5.82 Å². The minimum absolute atomic E-state index is 0.0175. The molecule has 4 rings (SSSR count). The molecule has 1 unspecified atom stereocenters. The van der Waals surface area contributed by atoms with E-state index in [0.29, 0.717) is 36.2 Å². The molecule has 2 fully saturated rings. The number of alkyl halides is 2. The van der Waals surface area contributed by atoms with Crippen LogP contribution in [0.1, 0.15) is 52.9 Å². The summed E-state index contributed by atoms with van der Waals surface area (Å²) in [6, 6.07) is 3.85. The minimum Gasteiger partial charge on any atom is -0.361 e. The van der Waals surface area contributed by atoms with Crippen molar-refractivity contribution in [2.75, 3.05) is 18.0 Å². The second kappa shape index (κ2) is 8.98. The van der Waals surface area contributed by atoms with Crippen LogP contribution in [0.2, 0.25) is 0 Å². The average molecular weight is 459 g/mol. The molecule has 7 nitrogen and oxygen atoms in total. The predicted octanol–water partition coefficient (Wildman–Crippen LogP) is 4.38. The fourth-order valence-electron chi connectivity index (χ4n) is 5.66. The minimum atomic E-state index is -2.52. The second-order valence-electron chi connectivity index (χ2n) is 9.64. The van der Waals surface area contributed by atoms with Gasteiger partial charge >= 0.3 is 5.69 Å². The molecular formula is C24H32F2N6O. The van der Waals surface area contributed by atoms with E-state index in [9.17, 15) is 13.6 Å². The zero-order chi connectivity index (χ0) is 23.9. The predicted molar refractivity (Wildman–Crippen MR) is 125 cm³/mol. The molecule has 0 aromatic carbocycles. The third-order valence-electron chi connectivity index (χ3n) is 7.49. The van der Waals surface area contributed by atoms with Gasteiger partial charge in [0, 0.05) is 51.1 Å². The first-order valence-electron chi connectivity index (χ1n) is 11.8. The molecule has 2 aromatic heterocycles. The highest BCUT2D eigenvalue weighted by Crippen LogP contribution is 2.40. The van der Waals surface area contributed by atoms with E-state index in [1.54, 1.807) is 19.2 Å². The quantitative estimate of drug-likeness (QED) is 0.637. The van der Waals surface area contributed by atoms with Crippen molar-refractivity contribution in [1.29, 1.82) is 0 Å². The van der Waals surface area contributed by atoms with Crippen LogP contribution in [0.25, 0.3) is 15.9 Å². The largest absolute Gasteiger partial charge is 0.361 e. The Bertz CT molecular complexity index is 1120. The van der Waals surface area contributed by atoms with Crippen molar-refractivity contribution >= 4 is 22.7 Å².